The molecule has 0 saturated carbocycles. The Bertz CT molecular complexity index is 4400. The van der Waals surface area contributed by atoms with Crippen LogP contribution < -0.4 is 25.5 Å². The number of nitrogens with zero attached hydrogens (tertiary/aromatic N) is 2. The molecule has 17 rings (SSSR count). The number of aryl methyl sites for hydroxylation is 2. The van der Waals surface area contributed by atoms with Crippen LogP contribution in [0.15, 0.2) is 212 Å². The second-order valence-electron chi connectivity index (χ2n) is 24.6. The summed E-state index contributed by atoms with van der Waals surface area (Å²) in [7, 11) is 0. The monoisotopic (exact) mass is 1030 g/mol. The minimum Gasteiger partial charge on any atom is -0.311 e. The Kier molecular flexibility index (Phi) is 9.03. The predicted molar refractivity (Wildman–Crippen MR) is 333 cm³/mol. The van der Waals surface area contributed by atoms with Crippen molar-refractivity contribution in [3.63, 3.8) is 0 Å². The topological polar surface area (TPSA) is 6.48 Å². The van der Waals surface area contributed by atoms with Crippen molar-refractivity contribution in [1.29, 1.82) is 0 Å². The summed E-state index contributed by atoms with van der Waals surface area (Å²) >= 11 is 2.08. The fourth-order valence-corrected chi connectivity index (χ4v) is 17.5. The van der Waals surface area contributed by atoms with Crippen LogP contribution in [-0.4, -0.2) is 6.71 Å². The van der Waals surface area contributed by atoms with Crippen molar-refractivity contribution in [3.05, 3.63) is 278 Å². The molecule has 0 bridgehead atoms. The van der Waals surface area contributed by atoms with Crippen molar-refractivity contribution in [3.8, 4) is 44.5 Å². The van der Waals surface area contributed by atoms with Gasteiger partial charge in [0, 0.05) is 43.7 Å². The summed E-state index contributed by atoms with van der Waals surface area (Å²) in [6.45, 7) is 16.1. The van der Waals surface area contributed by atoms with Gasteiger partial charge < -0.3 is 9.80 Å². The number of fused-ring (bicyclic) bond motifs is 25. The molecule has 79 heavy (non-hydrogen) atoms. The molecule has 6 aliphatic rings. The van der Waals surface area contributed by atoms with Crippen molar-refractivity contribution in [2.45, 2.75) is 70.6 Å². The van der Waals surface area contributed by atoms with Crippen LogP contribution in [0.1, 0.15) is 107 Å². The predicted octanol–water partition coefficient (Wildman–Crippen LogP) is 17.6. The Morgan fingerprint density at radius 2 is 0.911 bits per heavy atom. The highest BCUT2D eigenvalue weighted by Gasteiger charge is 2.58. The first kappa shape index (κ1) is 45.6. The number of thiophene rings is 1. The van der Waals surface area contributed by atoms with Gasteiger partial charge in [0.2, 0.25) is 0 Å². The van der Waals surface area contributed by atoms with E-state index in [-0.39, 0.29) is 12.1 Å². The average Bonchev–Trinajstić information content (AvgIpc) is 3.19. The first-order valence-corrected chi connectivity index (χ1v) is 29.2. The highest BCUT2D eigenvalue weighted by molar-refractivity contribution is 7.30. The minimum atomic E-state index is -0.494. The van der Waals surface area contributed by atoms with Gasteiger partial charge in [-0.1, -0.05) is 210 Å². The van der Waals surface area contributed by atoms with Gasteiger partial charge in [0.25, 0.3) is 6.71 Å². The Hall–Kier alpha value is -8.44. The Morgan fingerprint density at radius 3 is 1.46 bits per heavy atom. The van der Waals surface area contributed by atoms with E-state index in [0.29, 0.717) is 5.92 Å². The van der Waals surface area contributed by atoms with Crippen molar-refractivity contribution >= 4 is 67.9 Å². The zero-order valence-corrected chi connectivity index (χ0v) is 46.5. The molecule has 2 aliphatic heterocycles. The molecule has 0 saturated heterocycles. The third kappa shape index (κ3) is 5.63. The molecule has 0 atom stereocenters. The Balaban J connectivity index is 1.03. The van der Waals surface area contributed by atoms with E-state index in [2.05, 4.69) is 282 Å². The number of anilines is 6. The molecule has 0 fully saturated rings. The summed E-state index contributed by atoms with van der Waals surface area (Å²) in [6.07, 6.45) is 0. The molecule has 4 heteroatoms. The van der Waals surface area contributed by atoms with Crippen molar-refractivity contribution in [2.75, 3.05) is 9.80 Å². The fourth-order valence-electron chi connectivity index (χ4n) is 15.8. The van der Waals surface area contributed by atoms with E-state index in [1.54, 1.807) is 0 Å². The van der Waals surface area contributed by atoms with Crippen LogP contribution >= 0.6 is 11.3 Å². The second-order valence-corrected chi connectivity index (χ2v) is 25.7. The van der Waals surface area contributed by atoms with Crippen LogP contribution in [0.5, 0.6) is 0 Å². The van der Waals surface area contributed by atoms with Crippen LogP contribution in [0.25, 0.3) is 44.5 Å². The quantitative estimate of drug-likeness (QED) is 0.163. The Labute approximate surface area is 468 Å². The first-order valence-electron chi connectivity index (χ1n) is 28.4. The molecule has 0 unspecified atom stereocenters. The zero-order valence-electron chi connectivity index (χ0n) is 45.7. The molecule has 2 nitrogen and oxygen atoms in total. The maximum atomic E-state index is 2.70. The van der Waals surface area contributed by atoms with Crippen LogP contribution in [0.4, 0.5) is 34.1 Å². The summed E-state index contributed by atoms with van der Waals surface area (Å²) < 4.78 is 1.41. The van der Waals surface area contributed by atoms with E-state index in [9.17, 15) is 0 Å². The fraction of sp³-hybridized carbons (Fsp3) is 0.147. The molecule has 2 spiro atoms. The van der Waals surface area contributed by atoms with E-state index >= 15 is 0 Å². The first-order chi connectivity index (χ1) is 38.5. The summed E-state index contributed by atoms with van der Waals surface area (Å²) in [4.78, 5) is 6.78. The number of rotatable bonds is 3. The van der Waals surface area contributed by atoms with Crippen LogP contribution in [0.2, 0.25) is 0 Å². The van der Waals surface area contributed by atoms with Gasteiger partial charge in [0.1, 0.15) is 0 Å². The lowest BCUT2D eigenvalue weighted by Crippen LogP contribution is -2.60. The average molecular weight is 1030 g/mol. The molecule has 0 radical (unpaired) electrons. The lowest BCUT2D eigenvalue weighted by atomic mass is 9.36. The summed E-state index contributed by atoms with van der Waals surface area (Å²) in [5, 5.41) is 0. The van der Waals surface area contributed by atoms with Crippen molar-refractivity contribution < 1.29 is 0 Å². The smallest absolute Gasteiger partial charge is 0.264 e. The molecule has 4 aliphatic carbocycles. The largest absolute Gasteiger partial charge is 0.311 e. The van der Waals surface area contributed by atoms with Gasteiger partial charge in [-0.15, -0.1) is 11.3 Å². The molecule has 11 aromatic rings. The third-order valence-electron chi connectivity index (χ3n) is 19.1. The summed E-state index contributed by atoms with van der Waals surface area (Å²) in [5.74, 6) is 0.414. The van der Waals surface area contributed by atoms with Gasteiger partial charge >= 0.3 is 0 Å². The molecule has 10 aromatic carbocycles. The maximum absolute atomic E-state index is 2.70. The molecule has 0 N–H and O–H groups in total. The lowest BCUT2D eigenvalue weighted by molar-refractivity contribution is 0.590. The normalized spacial score (nSPS) is 15.3. The second kappa shape index (κ2) is 15.6. The standard InChI is InChI=1S/C75H57BN2S/c1-43(2)46-29-33-49(34-30-46)78-67-40-45(4)39-66-69(67)76(72-70(78)68-55-37-28-44(3)38-62(55)75(71(68)79-72)60-26-16-10-20-52(60)53-21-11-17-27-61(53)75)64-41-56-54-22-12-15-25-59(54)74(57-23-13-8-18-50(57)51-19-9-14-24-58(51)74)63(56)42-65(64)77(66)48-35-31-47(32-36-48)73(5,6)7/h8-43H,1-7H3. The molecular formula is C75H57BN2S. The zero-order chi connectivity index (χ0) is 53.0. The van der Waals surface area contributed by atoms with Gasteiger partial charge in [-0.3, -0.25) is 0 Å². The summed E-state index contributed by atoms with van der Waals surface area (Å²) in [6, 6.07) is 83.2. The highest BCUT2D eigenvalue weighted by atomic mass is 32.1. The SMILES string of the molecule is Cc1cc2c3c(c1)N(c1ccc(C(C)C)cc1)c1c(sc4c1-c1ccc(C)cc1C41c4ccccc4-c4ccccc41)B3c1cc3c(cc1N2c1ccc(C(C)(C)C)cc1)C1(c2ccccc2-c2ccccc21)c1ccccc1-3. The van der Waals surface area contributed by atoms with E-state index in [1.807, 2.05) is 0 Å². The molecule has 0 amide bonds. The number of hydrogen-bond donors (Lipinski definition) is 0. The van der Waals surface area contributed by atoms with E-state index < -0.39 is 10.8 Å². The maximum Gasteiger partial charge on any atom is 0.264 e. The van der Waals surface area contributed by atoms with E-state index in [4.69, 9.17) is 0 Å². The van der Waals surface area contributed by atoms with Gasteiger partial charge in [-0.05, 0) is 173 Å². The van der Waals surface area contributed by atoms with Gasteiger partial charge in [-0.25, -0.2) is 0 Å². The number of hydrogen-bond acceptors (Lipinski definition) is 3. The lowest BCUT2D eigenvalue weighted by Gasteiger charge is -2.44. The molecule has 376 valence electrons. The van der Waals surface area contributed by atoms with Gasteiger partial charge in [0.15, 0.2) is 0 Å². The summed E-state index contributed by atoms with van der Waals surface area (Å²) in [5.41, 5.74) is 34.6. The van der Waals surface area contributed by atoms with E-state index in [0.717, 1.165) is 0 Å². The molecule has 1 aromatic heterocycles. The van der Waals surface area contributed by atoms with Gasteiger partial charge in [-0.2, -0.15) is 0 Å². The minimum absolute atomic E-state index is 0.00474. The highest BCUT2D eigenvalue weighted by Crippen LogP contribution is 2.68. The van der Waals surface area contributed by atoms with E-state index in [1.165, 1.54) is 160 Å². The van der Waals surface area contributed by atoms with Crippen LogP contribution in [0, 0.1) is 13.8 Å². The molecular weight excluding hydrogens is 972 g/mol. The van der Waals surface area contributed by atoms with Crippen molar-refractivity contribution in [1.82, 2.24) is 0 Å². The Morgan fingerprint density at radius 1 is 0.430 bits per heavy atom. The molecule has 3 heterocycles. The van der Waals surface area contributed by atoms with Gasteiger partial charge in [0.05, 0.1) is 16.5 Å². The van der Waals surface area contributed by atoms with Crippen molar-refractivity contribution in [2.24, 2.45) is 0 Å². The number of benzene rings is 10. The third-order valence-corrected chi connectivity index (χ3v) is 20.5. The van der Waals surface area contributed by atoms with Crippen LogP contribution in [-0.2, 0) is 16.2 Å². The van der Waals surface area contributed by atoms with Crippen LogP contribution in [0.3, 0.4) is 0 Å².